The van der Waals surface area contributed by atoms with Crippen molar-refractivity contribution in [2.75, 3.05) is 7.11 Å². The van der Waals surface area contributed by atoms with Gasteiger partial charge in [0.1, 0.15) is 11.7 Å². The van der Waals surface area contributed by atoms with Crippen LogP contribution in [0.2, 0.25) is 0 Å². The summed E-state index contributed by atoms with van der Waals surface area (Å²) in [7, 11) is 1.41. The summed E-state index contributed by atoms with van der Waals surface area (Å²) >= 11 is 0. The van der Waals surface area contributed by atoms with Gasteiger partial charge in [-0.2, -0.15) is 0 Å². The van der Waals surface area contributed by atoms with Gasteiger partial charge in [0.15, 0.2) is 0 Å². The Labute approximate surface area is 208 Å². The van der Waals surface area contributed by atoms with Crippen LogP contribution in [-0.4, -0.2) is 29.6 Å². The lowest BCUT2D eigenvalue weighted by molar-refractivity contribution is -0.151. The monoisotopic (exact) mass is 474 g/mol. The highest BCUT2D eigenvalue weighted by Crippen LogP contribution is 2.65. The molecule has 10 atom stereocenters. The Balaban J connectivity index is 1.45. The van der Waals surface area contributed by atoms with Crippen LogP contribution in [0.5, 0.6) is 0 Å². The zero-order valence-corrected chi connectivity index (χ0v) is 22.6. The summed E-state index contributed by atoms with van der Waals surface area (Å²) in [4.78, 5) is 25.2. The predicted molar refractivity (Wildman–Crippen MR) is 135 cm³/mol. The normalized spacial score (nSPS) is 43.4. The Morgan fingerprint density at radius 3 is 2.29 bits per heavy atom. The second-order valence-corrected chi connectivity index (χ2v) is 13.3. The summed E-state index contributed by atoms with van der Waals surface area (Å²) in [6.07, 6.45) is 12.5. The Morgan fingerprint density at radius 1 is 0.971 bits per heavy atom. The number of esters is 1. The number of carbonyl (C=O) groups excluding carboxylic acids is 2. The average molecular weight is 475 g/mol. The van der Waals surface area contributed by atoms with Crippen LogP contribution in [0, 0.1) is 58.7 Å². The maximum atomic E-state index is 12.8. The fraction of sp³-hybridized carbons (Fsp3) is 0.933. The van der Waals surface area contributed by atoms with Gasteiger partial charge in [0, 0.05) is 5.92 Å². The van der Waals surface area contributed by atoms with Crippen molar-refractivity contribution < 1.29 is 19.4 Å². The van der Waals surface area contributed by atoms with E-state index in [1.54, 1.807) is 0 Å². The minimum atomic E-state index is -0.607. The zero-order valence-electron chi connectivity index (χ0n) is 22.6. The maximum Gasteiger partial charge on any atom is 0.316 e. The van der Waals surface area contributed by atoms with E-state index in [9.17, 15) is 14.7 Å². The van der Waals surface area contributed by atoms with Gasteiger partial charge < -0.3 is 9.84 Å². The molecule has 4 aliphatic carbocycles. The molecule has 0 radical (unpaired) electrons. The molecule has 0 aromatic rings. The van der Waals surface area contributed by atoms with Crippen LogP contribution in [0.25, 0.3) is 0 Å². The lowest BCUT2D eigenvalue weighted by atomic mass is 9.45. The SMILES string of the molecule is CC[C@]1(O)CC[C@@]2(C)[C@@H](CC[C@H]3[C@@H]4CC[C@H]([C@H](C)CC(C(=O)OC)C(=O)C(C)C)[C@H]4CC[C@@H]32)C1. The van der Waals surface area contributed by atoms with E-state index in [0.29, 0.717) is 29.6 Å². The van der Waals surface area contributed by atoms with Crippen LogP contribution in [0.1, 0.15) is 105 Å². The van der Waals surface area contributed by atoms with E-state index < -0.39 is 11.5 Å². The fourth-order valence-electron chi connectivity index (χ4n) is 9.47. The van der Waals surface area contributed by atoms with E-state index in [2.05, 4.69) is 20.8 Å². The number of fused-ring (bicyclic) bond motifs is 5. The molecule has 0 aromatic heterocycles. The van der Waals surface area contributed by atoms with Crippen LogP contribution in [0.3, 0.4) is 0 Å². The van der Waals surface area contributed by atoms with Crippen LogP contribution in [0.15, 0.2) is 0 Å². The highest BCUT2D eigenvalue weighted by molar-refractivity contribution is 5.99. The van der Waals surface area contributed by atoms with Gasteiger partial charge in [-0.1, -0.05) is 34.6 Å². The molecule has 0 spiro atoms. The third-order valence-corrected chi connectivity index (χ3v) is 11.6. The van der Waals surface area contributed by atoms with Crippen molar-refractivity contribution in [3.8, 4) is 0 Å². The van der Waals surface area contributed by atoms with Crippen molar-refractivity contribution in [1.29, 1.82) is 0 Å². The van der Waals surface area contributed by atoms with Gasteiger partial charge in [0.2, 0.25) is 0 Å². The third kappa shape index (κ3) is 4.50. The molecule has 1 N–H and O–H groups in total. The van der Waals surface area contributed by atoms with Gasteiger partial charge in [-0.25, -0.2) is 0 Å². The van der Waals surface area contributed by atoms with Gasteiger partial charge in [0.25, 0.3) is 0 Å². The van der Waals surface area contributed by atoms with Crippen LogP contribution in [-0.2, 0) is 14.3 Å². The quantitative estimate of drug-likeness (QED) is 0.341. The molecule has 4 fully saturated rings. The van der Waals surface area contributed by atoms with Crippen molar-refractivity contribution in [1.82, 2.24) is 0 Å². The Bertz CT molecular complexity index is 761. The Kier molecular flexibility index (Phi) is 7.59. The summed E-state index contributed by atoms with van der Waals surface area (Å²) < 4.78 is 5.03. The molecule has 1 unspecified atom stereocenters. The largest absolute Gasteiger partial charge is 0.468 e. The number of Topliss-reactive ketones (excluding diaryl/α,β-unsaturated/α-hetero) is 1. The Hall–Kier alpha value is -0.900. The predicted octanol–water partition coefficient (Wildman–Crippen LogP) is 6.44. The molecule has 34 heavy (non-hydrogen) atoms. The number of hydrogen-bond acceptors (Lipinski definition) is 4. The highest BCUT2D eigenvalue weighted by atomic mass is 16.5. The van der Waals surface area contributed by atoms with Gasteiger partial charge in [-0.05, 0) is 117 Å². The Morgan fingerprint density at radius 2 is 1.65 bits per heavy atom. The molecule has 4 saturated carbocycles. The number of carbonyl (C=O) groups is 2. The first kappa shape index (κ1) is 26.2. The van der Waals surface area contributed by atoms with Crippen molar-refractivity contribution in [3.05, 3.63) is 0 Å². The van der Waals surface area contributed by atoms with E-state index in [-0.39, 0.29) is 17.7 Å². The first-order chi connectivity index (χ1) is 16.0. The molecule has 0 aliphatic heterocycles. The first-order valence-corrected chi connectivity index (χ1v) is 14.4. The number of methoxy groups -OCH3 is 1. The molecule has 4 nitrogen and oxygen atoms in total. The average Bonchev–Trinajstić information content (AvgIpc) is 3.26. The molecule has 0 bridgehead atoms. The molecule has 0 amide bonds. The molecular weight excluding hydrogens is 424 g/mol. The van der Waals surface area contributed by atoms with Gasteiger partial charge in [-0.3, -0.25) is 9.59 Å². The second kappa shape index (κ2) is 9.87. The first-order valence-electron chi connectivity index (χ1n) is 14.4. The summed E-state index contributed by atoms with van der Waals surface area (Å²) in [5.74, 6) is 3.83. The minimum absolute atomic E-state index is 0.0348. The number of hydrogen-bond donors (Lipinski definition) is 1. The van der Waals surface area contributed by atoms with Gasteiger partial charge in [0.05, 0.1) is 12.7 Å². The van der Waals surface area contributed by atoms with Crippen molar-refractivity contribution >= 4 is 11.8 Å². The number of aliphatic hydroxyl groups is 1. The van der Waals surface area contributed by atoms with E-state index in [1.807, 2.05) is 13.8 Å². The van der Waals surface area contributed by atoms with Gasteiger partial charge in [-0.15, -0.1) is 0 Å². The standard InChI is InChI=1S/C30H50O4/c1-7-30(33)15-14-29(5)20(17-30)8-9-24-23-11-10-21(22(23)12-13-26(24)29)19(4)16-25(28(32)34-6)27(31)18(2)3/h18-26,33H,7-17H2,1-6H3/t19-,20+,21-,22-,23-,24+,25?,26+,29+,30+/m1/s1. The molecule has 4 rings (SSSR count). The van der Waals surface area contributed by atoms with Crippen LogP contribution >= 0.6 is 0 Å². The van der Waals surface area contributed by atoms with E-state index >= 15 is 0 Å². The molecular formula is C30H50O4. The summed E-state index contributed by atoms with van der Waals surface area (Å²) in [6, 6.07) is 0. The lowest BCUT2D eigenvalue weighted by Crippen LogP contribution is -2.54. The molecule has 4 aliphatic rings. The topological polar surface area (TPSA) is 63.6 Å². The maximum absolute atomic E-state index is 12.8. The highest BCUT2D eigenvalue weighted by Gasteiger charge is 2.58. The van der Waals surface area contributed by atoms with Gasteiger partial charge >= 0.3 is 5.97 Å². The number of rotatable bonds is 7. The summed E-state index contributed by atoms with van der Waals surface area (Å²) in [6.45, 7) is 10.8. The summed E-state index contributed by atoms with van der Waals surface area (Å²) in [5, 5.41) is 11.0. The smallest absolute Gasteiger partial charge is 0.316 e. The van der Waals surface area contributed by atoms with E-state index in [0.717, 1.165) is 42.9 Å². The van der Waals surface area contributed by atoms with Crippen LogP contribution in [0.4, 0.5) is 0 Å². The molecule has 4 heteroatoms. The minimum Gasteiger partial charge on any atom is -0.468 e. The zero-order chi connectivity index (χ0) is 24.8. The number of ether oxygens (including phenoxy) is 1. The van der Waals surface area contributed by atoms with Crippen molar-refractivity contribution in [2.45, 2.75) is 111 Å². The molecule has 0 heterocycles. The summed E-state index contributed by atoms with van der Waals surface area (Å²) in [5.41, 5.74) is -0.0235. The molecule has 194 valence electrons. The van der Waals surface area contributed by atoms with Crippen LogP contribution < -0.4 is 0 Å². The lowest BCUT2D eigenvalue weighted by Gasteiger charge is -2.60. The fourth-order valence-corrected chi connectivity index (χ4v) is 9.47. The second-order valence-electron chi connectivity index (χ2n) is 13.3. The third-order valence-electron chi connectivity index (χ3n) is 11.6. The number of ketones is 1. The van der Waals surface area contributed by atoms with E-state index in [1.165, 1.54) is 52.1 Å². The molecule has 0 aromatic carbocycles. The van der Waals surface area contributed by atoms with Crippen molar-refractivity contribution in [3.63, 3.8) is 0 Å². The molecule has 0 saturated heterocycles. The van der Waals surface area contributed by atoms with Crippen molar-refractivity contribution in [2.24, 2.45) is 58.7 Å². The van der Waals surface area contributed by atoms with E-state index in [4.69, 9.17) is 4.74 Å².